The van der Waals surface area contributed by atoms with Gasteiger partial charge < -0.3 is 5.11 Å². The molecule has 0 aliphatic heterocycles. The number of aliphatic carboxylic acids is 1. The highest BCUT2D eigenvalue weighted by molar-refractivity contribution is 5.67. The molecular weight excluding hydrogens is 221 g/mol. The number of hydrogen-bond donors (Lipinski definition) is 1. The van der Waals surface area contributed by atoms with E-state index in [1.807, 2.05) is 12.2 Å². The molecule has 0 saturated heterocycles. The average molecular weight is 234 g/mol. The van der Waals surface area contributed by atoms with Crippen LogP contribution in [0.3, 0.4) is 0 Å². The lowest BCUT2D eigenvalue weighted by molar-refractivity contribution is -0.197. The molecule has 16 heavy (non-hydrogen) atoms. The molecule has 2 bridgehead atoms. The molecule has 0 heterocycles. The summed E-state index contributed by atoms with van der Waals surface area (Å²) in [5.74, 6) is -3.44. The van der Waals surface area contributed by atoms with E-state index in [1.165, 1.54) is 0 Å². The maximum absolute atomic E-state index is 12.8. The second-order valence-electron chi connectivity index (χ2n) is 4.69. The van der Waals surface area contributed by atoms with Gasteiger partial charge in [-0.3, -0.25) is 4.79 Å². The van der Waals surface area contributed by atoms with Crippen molar-refractivity contribution in [1.29, 1.82) is 0 Å². The highest BCUT2D eigenvalue weighted by Crippen LogP contribution is 2.51. The molecule has 90 valence electrons. The van der Waals surface area contributed by atoms with Gasteiger partial charge in [0.15, 0.2) is 0 Å². The number of rotatable bonds is 3. The Morgan fingerprint density at radius 1 is 1.38 bits per heavy atom. The van der Waals surface area contributed by atoms with Crippen molar-refractivity contribution in [1.82, 2.24) is 0 Å². The van der Waals surface area contributed by atoms with E-state index in [0.29, 0.717) is 6.42 Å². The minimum atomic E-state index is -4.40. The van der Waals surface area contributed by atoms with Crippen molar-refractivity contribution in [3.8, 4) is 0 Å². The Morgan fingerprint density at radius 2 is 2.06 bits per heavy atom. The van der Waals surface area contributed by atoms with Crippen LogP contribution in [0.5, 0.6) is 0 Å². The third-order valence-corrected chi connectivity index (χ3v) is 3.66. The molecule has 1 saturated carbocycles. The Morgan fingerprint density at radius 3 is 2.44 bits per heavy atom. The predicted octanol–water partition coefficient (Wildman–Crippen LogP) is 2.85. The van der Waals surface area contributed by atoms with Crippen molar-refractivity contribution in [3.63, 3.8) is 0 Å². The first kappa shape index (κ1) is 11.5. The Bertz CT molecular complexity index is 322. The smallest absolute Gasteiger partial charge is 0.392 e. The minimum Gasteiger partial charge on any atom is -0.481 e. The van der Waals surface area contributed by atoms with Crippen LogP contribution < -0.4 is 0 Å². The number of carboxylic acids is 1. The first-order valence-corrected chi connectivity index (χ1v) is 5.34. The van der Waals surface area contributed by atoms with Gasteiger partial charge in [-0.1, -0.05) is 12.2 Å². The molecule has 0 amide bonds. The van der Waals surface area contributed by atoms with E-state index < -0.39 is 30.4 Å². The quantitative estimate of drug-likeness (QED) is 0.762. The summed E-state index contributed by atoms with van der Waals surface area (Å²) in [4.78, 5) is 10.5. The molecule has 2 aliphatic rings. The largest absolute Gasteiger partial charge is 0.481 e. The summed E-state index contributed by atoms with van der Waals surface area (Å²) in [7, 11) is 0. The van der Waals surface area contributed by atoms with Gasteiger partial charge in [-0.25, -0.2) is 0 Å². The van der Waals surface area contributed by atoms with Crippen molar-refractivity contribution < 1.29 is 23.1 Å². The van der Waals surface area contributed by atoms with Crippen molar-refractivity contribution >= 4 is 5.97 Å². The molecule has 0 aromatic heterocycles. The van der Waals surface area contributed by atoms with Crippen LogP contribution in [0.25, 0.3) is 0 Å². The van der Waals surface area contributed by atoms with E-state index in [0.717, 1.165) is 6.42 Å². The van der Waals surface area contributed by atoms with Crippen LogP contribution in [-0.4, -0.2) is 17.3 Å². The molecule has 5 heteroatoms. The van der Waals surface area contributed by atoms with Gasteiger partial charge in [0.05, 0.1) is 12.3 Å². The van der Waals surface area contributed by atoms with Gasteiger partial charge in [0.1, 0.15) is 0 Å². The molecule has 2 nitrogen and oxygen atoms in total. The third-order valence-electron chi connectivity index (χ3n) is 3.66. The van der Waals surface area contributed by atoms with Crippen LogP contribution in [0, 0.1) is 23.7 Å². The highest BCUT2D eigenvalue weighted by Gasteiger charge is 2.51. The summed E-state index contributed by atoms with van der Waals surface area (Å²) in [6.45, 7) is 0. The number of allylic oxidation sites excluding steroid dienone is 2. The van der Waals surface area contributed by atoms with Gasteiger partial charge in [0, 0.05) is 0 Å². The van der Waals surface area contributed by atoms with E-state index in [1.54, 1.807) is 0 Å². The van der Waals surface area contributed by atoms with Crippen molar-refractivity contribution in [3.05, 3.63) is 12.2 Å². The van der Waals surface area contributed by atoms with E-state index in [-0.39, 0.29) is 11.8 Å². The molecule has 0 spiro atoms. The normalized spacial score (nSPS) is 34.3. The van der Waals surface area contributed by atoms with Gasteiger partial charge in [-0.05, 0) is 30.6 Å². The van der Waals surface area contributed by atoms with Crippen LogP contribution in [-0.2, 0) is 4.79 Å². The van der Waals surface area contributed by atoms with Crippen LogP contribution in [0.4, 0.5) is 13.2 Å². The fourth-order valence-corrected chi connectivity index (χ4v) is 2.98. The van der Waals surface area contributed by atoms with E-state index in [9.17, 15) is 18.0 Å². The third kappa shape index (κ3) is 2.08. The Hall–Kier alpha value is -1.00. The summed E-state index contributed by atoms with van der Waals surface area (Å²) in [6.07, 6.45) is -0.184. The first-order valence-electron chi connectivity index (χ1n) is 5.34. The van der Waals surface area contributed by atoms with Gasteiger partial charge in [-0.2, -0.15) is 13.2 Å². The van der Waals surface area contributed by atoms with Crippen LogP contribution >= 0.6 is 0 Å². The van der Waals surface area contributed by atoms with Crippen LogP contribution in [0.1, 0.15) is 19.3 Å². The summed E-state index contributed by atoms with van der Waals surface area (Å²) >= 11 is 0. The fourth-order valence-electron chi connectivity index (χ4n) is 2.98. The molecule has 1 N–H and O–H groups in total. The van der Waals surface area contributed by atoms with E-state index in [2.05, 4.69) is 0 Å². The van der Waals surface area contributed by atoms with Gasteiger partial charge in [0.2, 0.25) is 0 Å². The topological polar surface area (TPSA) is 37.3 Å². The lowest BCUT2D eigenvalue weighted by atomic mass is 9.80. The molecular formula is C11H13F3O2. The molecule has 2 aliphatic carbocycles. The highest BCUT2D eigenvalue weighted by atomic mass is 19.4. The number of carboxylic acid groups (broad SMARTS) is 1. The molecule has 4 atom stereocenters. The number of carbonyl (C=O) groups is 1. The Balaban J connectivity index is 2.13. The standard InChI is InChI=1S/C11H13F3O2/c12-11(13,14)9(5-10(15)16)8-4-6-1-2-7(8)3-6/h1-2,6-9H,3-5H2,(H,15,16). The zero-order valence-corrected chi connectivity index (χ0v) is 8.57. The van der Waals surface area contributed by atoms with Gasteiger partial charge >= 0.3 is 12.1 Å². The number of alkyl halides is 3. The van der Waals surface area contributed by atoms with Crippen molar-refractivity contribution in [2.45, 2.75) is 25.4 Å². The maximum Gasteiger partial charge on any atom is 0.392 e. The molecule has 0 aromatic rings. The monoisotopic (exact) mass is 234 g/mol. The molecule has 0 radical (unpaired) electrons. The van der Waals surface area contributed by atoms with Gasteiger partial charge in [-0.15, -0.1) is 0 Å². The van der Waals surface area contributed by atoms with Crippen LogP contribution in [0.2, 0.25) is 0 Å². The summed E-state index contributed by atoms with van der Waals surface area (Å²) in [6, 6.07) is 0. The number of halogens is 3. The summed E-state index contributed by atoms with van der Waals surface area (Å²) in [5, 5.41) is 8.56. The van der Waals surface area contributed by atoms with Crippen molar-refractivity contribution in [2.75, 3.05) is 0 Å². The average Bonchev–Trinajstić information content (AvgIpc) is 2.72. The maximum atomic E-state index is 12.8. The van der Waals surface area contributed by atoms with E-state index in [4.69, 9.17) is 5.11 Å². The second-order valence-corrected chi connectivity index (χ2v) is 4.69. The number of fused-ring (bicyclic) bond motifs is 2. The molecule has 0 aromatic carbocycles. The fraction of sp³-hybridized carbons (Fsp3) is 0.727. The van der Waals surface area contributed by atoms with Crippen molar-refractivity contribution in [2.24, 2.45) is 23.7 Å². The molecule has 2 rings (SSSR count). The summed E-state index contributed by atoms with van der Waals surface area (Å²) < 4.78 is 38.3. The summed E-state index contributed by atoms with van der Waals surface area (Å²) in [5.41, 5.74) is 0. The zero-order valence-electron chi connectivity index (χ0n) is 8.57. The Kier molecular flexibility index (Phi) is 2.72. The first-order chi connectivity index (χ1) is 7.38. The lowest BCUT2D eigenvalue weighted by Crippen LogP contribution is -2.34. The second kappa shape index (κ2) is 3.79. The minimum absolute atomic E-state index is 0.0732. The SMILES string of the molecule is O=C(O)CC(C1CC2C=CC1C2)C(F)(F)F. The molecule has 4 unspecified atom stereocenters. The Labute approximate surface area is 91.1 Å². The molecule has 1 fully saturated rings. The lowest BCUT2D eigenvalue weighted by Gasteiger charge is -2.29. The van der Waals surface area contributed by atoms with Crippen LogP contribution in [0.15, 0.2) is 12.2 Å². The zero-order chi connectivity index (χ0) is 11.9. The predicted molar refractivity (Wildman–Crippen MR) is 50.6 cm³/mol. The van der Waals surface area contributed by atoms with E-state index >= 15 is 0 Å². The van der Waals surface area contributed by atoms with Gasteiger partial charge in [0.25, 0.3) is 0 Å². The number of hydrogen-bond acceptors (Lipinski definition) is 1.